The first-order chi connectivity index (χ1) is 10.2. The highest BCUT2D eigenvalue weighted by molar-refractivity contribution is 5.74. The van der Waals surface area contributed by atoms with Gasteiger partial charge in [0.1, 0.15) is 0 Å². The maximum Gasteiger partial charge on any atom is 0.315 e. The predicted molar refractivity (Wildman–Crippen MR) is 84.0 cm³/mol. The Labute approximate surface area is 126 Å². The molecule has 1 fully saturated rings. The van der Waals surface area contributed by atoms with Crippen LogP contribution in [0.3, 0.4) is 0 Å². The number of aliphatic hydroxyl groups excluding tert-OH is 1. The molecule has 3 N–H and O–H groups in total. The molecule has 0 bridgehead atoms. The molecule has 4 nitrogen and oxygen atoms in total. The van der Waals surface area contributed by atoms with Gasteiger partial charge in [-0.25, -0.2) is 4.79 Å². The third kappa shape index (κ3) is 5.05. The van der Waals surface area contributed by atoms with Crippen LogP contribution in [0.4, 0.5) is 4.79 Å². The fourth-order valence-electron chi connectivity index (χ4n) is 2.72. The van der Waals surface area contributed by atoms with Crippen LogP contribution in [0.1, 0.15) is 50.6 Å². The van der Waals surface area contributed by atoms with Crippen molar-refractivity contribution in [2.45, 2.75) is 51.1 Å². The Hall–Kier alpha value is -1.55. The van der Waals surface area contributed by atoms with E-state index in [0.29, 0.717) is 6.42 Å². The number of urea groups is 1. The first-order valence-electron chi connectivity index (χ1n) is 7.92. The molecule has 0 radical (unpaired) electrons. The number of benzene rings is 1. The molecule has 2 atom stereocenters. The van der Waals surface area contributed by atoms with Crippen molar-refractivity contribution >= 4 is 6.03 Å². The number of nitrogens with one attached hydrogen (secondary N) is 2. The van der Waals surface area contributed by atoms with E-state index in [0.717, 1.165) is 17.9 Å². The van der Waals surface area contributed by atoms with Gasteiger partial charge in [0.05, 0.1) is 6.04 Å². The fraction of sp³-hybridized carbons (Fsp3) is 0.588. The van der Waals surface area contributed by atoms with Crippen molar-refractivity contribution in [2.75, 3.05) is 6.61 Å². The zero-order valence-electron chi connectivity index (χ0n) is 12.7. The summed E-state index contributed by atoms with van der Waals surface area (Å²) in [6.07, 6.45) is 5.44. The van der Waals surface area contributed by atoms with Crippen molar-refractivity contribution in [1.29, 1.82) is 0 Å². The van der Waals surface area contributed by atoms with Gasteiger partial charge < -0.3 is 15.7 Å². The highest BCUT2D eigenvalue weighted by atomic mass is 16.3. The minimum absolute atomic E-state index is 0.0184. The molecule has 1 aromatic rings. The number of carbonyl (C=O) groups excluding carboxylic acids is 1. The average Bonchev–Trinajstić information content (AvgIpc) is 2.42. The van der Waals surface area contributed by atoms with Gasteiger partial charge in [0.25, 0.3) is 0 Å². The van der Waals surface area contributed by atoms with Crippen molar-refractivity contribution in [3.8, 4) is 0 Å². The second-order valence-electron chi connectivity index (χ2n) is 6.03. The van der Waals surface area contributed by atoms with Crippen molar-refractivity contribution in [3.05, 3.63) is 35.9 Å². The maximum atomic E-state index is 12.1. The number of rotatable bonds is 7. The smallest absolute Gasteiger partial charge is 0.315 e. The molecule has 1 saturated carbocycles. The molecule has 4 heteroatoms. The summed E-state index contributed by atoms with van der Waals surface area (Å²) in [6.45, 7) is 1.99. The summed E-state index contributed by atoms with van der Waals surface area (Å²) < 4.78 is 0. The number of hydrogen-bond acceptors (Lipinski definition) is 2. The summed E-state index contributed by atoms with van der Waals surface area (Å²) in [4.78, 5) is 12.1. The highest BCUT2D eigenvalue weighted by Crippen LogP contribution is 2.34. The van der Waals surface area contributed by atoms with E-state index < -0.39 is 0 Å². The molecule has 1 aromatic carbocycles. The van der Waals surface area contributed by atoms with Crippen LogP contribution in [0, 0.1) is 5.92 Å². The molecule has 2 amide bonds. The standard InChI is InChI=1S/C17H26N2O2/c1-13(10-11-20)18-17(21)19-16(12-14-6-5-7-14)15-8-3-2-4-9-15/h2-4,8-9,13-14,16,20H,5-7,10-12H2,1H3,(H2,18,19,21). The monoisotopic (exact) mass is 290 g/mol. The summed E-state index contributed by atoms with van der Waals surface area (Å²) in [5.41, 5.74) is 1.16. The van der Waals surface area contributed by atoms with Crippen molar-refractivity contribution < 1.29 is 9.90 Å². The maximum absolute atomic E-state index is 12.1. The SMILES string of the molecule is CC(CCO)NC(=O)NC(CC1CCC1)c1ccccc1. The quantitative estimate of drug-likeness (QED) is 0.723. The molecule has 0 saturated heterocycles. The number of carbonyl (C=O) groups is 1. The van der Waals surface area contributed by atoms with Gasteiger partial charge in [-0.05, 0) is 31.2 Å². The number of hydrogen-bond donors (Lipinski definition) is 3. The third-order valence-corrected chi connectivity index (χ3v) is 4.24. The summed E-state index contributed by atoms with van der Waals surface area (Å²) >= 11 is 0. The second-order valence-corrected chi connectivity index (χ2v) is 6.03. The Balaban J connectivity index is 1.93. The van der Waals surface area contributed by atoms with E-state index in [2.05, 4.69) is 22.8 Å². The Bertz CT molecular complexity index is 432. The van der Waals surface area contributed by atoms with Crippen LogP contribution in [0.2, 0.25) is 0 Å². The van der Waals surface area contributed by atoms with Gasteiger partial charge in [0.2, 0.25) is 0 Å². The third-order valence-electron chi connectivity index (χ3n) is 4.24. The zero-order valence-corrected chi connectivity index (χ0v) is 12.7. The van der Waals surface area contributed by atoms with E-state index in [1.807, 2.05) is 25.1 Å². The first kappa shape index (κ1) is 15.8. The molecular formula is C17H26N2O2. The molecule has 0 aromatic heterocycles. The van der Waals surface area contributed by atoms with Crippen LogP contribution >= 0.6 is 0 Å². The van der Waals surface area contributed by atoms with E-state index >= 15 is 0 Å². The Morgan fingerprint density at radius 2 is 2.00 bits per heavy atom. The van der Waals surface area contributed by atoms with Crippen LogP contribution in [0.15, 0.2) is 30.3 Å². The largest absolute Gasteiger partial charge is 0.396 e. The molecule has 0 spiro atoms. The van der Waals surface area contributed by atoms with Gasteiger partial charge >= 0.3 is 6.03 Å². The summed E-state index contributed by atoms with van der Waals surface area (Å²) in [6, 6.07) is 10.1. The lowest BCUT2D eigenvalue weighted by molar-refractivity contribution is 0.218. The summed E-state index contributed by atoms with van der Waals surface area (Å²) in [5.74, 6) is 0.727. The topological polar surface area (TPSA) is 61.4 Å². The molecular weight excluding hydrogens is 264 g/mol. The van der Waals surface area contributed by atoms with Crippen molar-refractivity contribution in [1.82, 2.24) is 10.6 Å². The van der Waals surface area contributed by atoms with Crippen LogP contribution < -0.4 is 10.6 Å². The van der Waals surface area contributed by atoms with Crippen molar-refractivity contribution in [2.24, 2.45) is 5.92 Å². The van der Waals surface area contributed by atoms with E-state index in [-0.39, 0.29) is 24.7 Å². The highest BCUT2D eigenvalue weighted by Gasteiger charge is 2.24. The molecule has 1 aliphatic rings. The average molecular weight is 290 g/mol. The van der Waals surface area contributed by atoms with Gasteiger partial charge in [-0.3, -0.25) is 0 Å². The molecule has 2 rings (SSSR count). The van der Waals surface area contributed by atoms with Crippen LogP contribution in [-0.2, 0) is 0 Å². The fourth-order valence-corrected chi connectivity index (χ4v) is 2.72. The second kappa shape index (κ2) is 8.03. The van der Waals surface area contributed by atoms with E-state index in [4.69, 9.17) is 5.11 Å². The molecule has 1 aliphatic carbocycles. The van der Waals surface area contributed by atoms with Crippen LogP contribution in [-0.4, -0.2) is 23.8 Å². The molecule has 0 heterocycles. The zero-order chi connectivity index (χ0) is 15.1. The number of aliphatic hydroxyl groups is 1. The van der Waals surface area contributed by atoms with Crippen molar-refractivity contribution in [3.63, 3.8) is 0 Å². The normalized spacial score (nSPS) is 17.6. The number of amides is 2. The Kier molecular flexibility index (Phi) is 6.05. The molecule has 116 valence electrons. The molecule has 21 heavy (non-hydrogen) atoms. The minimum Gasteiger partial charge on any atom is -0.396 e. The van der Waals surface area contributed by atoms with E-state index in [9.17, 15) is 4.79 Å². The predicted octanol–water partition coefficient (Wildman–Crippen LogP) is 2.99. The molecule has 2 unspecified atom stereocenters. The van der Waals surface area contributed by atoms with Gasteiger partial charge in [-0.2, -0.15) is 0 Å². The van der Waals surface area contributed by atoms with Crippen LogP contribution in [0.25, 0.3) is 0 Å². The van der Waals surface area contributed by atoms with Gasteiger partial charge in [-0.15, -0.1) is 0 Å². The minimum atomic E-state index is -0.149. The lowest BCUT2D eigenvalue weighted by atomic mass is 9.79. The van der Waals surface area contributed by atoms with Gasteiger partial charge in [-0.1, -0.05) is 49.6 Å². The van der Waals surface area contributed by atoms with Crippen LogP contribution in [0.5, 0.6) is 0 Å². The Morgan fingerprint density at radius 3 is 2.57 bits per heavy atom. The summed E-state index contributed by atoms with van der Waals surface area (Å²) in [5, 5.41) is 14.9. The van der Waals surface area contributed by atoms with Gasteiger partial charge in [0, 0.05) is 12.6 Å². The van der Waals surface area contributed by atoms with E-state index in [1.54, 1.807) is 0 Å². The molecule has 0 aliphatic heterocycles. The van der Waals surface area contributed by atoms with E-state index in [1.165, 1.54) is 19.3 Å². The summed E-state index contributed by atoms with van der Waals surface area (Å²) in [7, 11) is 0. The first-order valence-corrected chi connectivity index (χ1v) is 7.92. The van der Waals surface area contributed by atoms with Gasteiger partial charge in [0.15, 0.2) is 0 Å². The lowest BCUT2D eigenvalue weighted by Crippen LogP contribution is -2.43. The lowest BCUT2D eigenvalue weighted by Gasteiger charge is -2.30. The Morgan fingerprint density at radius 1 is 1.29 bits per heavy atom.